The summed E-state index contributed by atoms with van der Waals surface area (Å²) >= 11 is 1.81. The quantitative estimate of drug-likeness (QED) is 0.443. The fourth-order valence-corrected chi connectivity index (χ4v) is 2.59. The minimum absolute atomic E-state index is 0.127. The van der Waals surface area contributed by atoms with Gasteiger partial charge in [0.2, 0.25) is 0 Å². The Hall–Kier alpha value is -2.41. The first kappa shape index (κ1) is 21.9. The summed E-state index contributed by atoms with van der Waals surface area (Å²) in [6.45, 7) is 8.90. The third-order valence-electron chi connectivity index (χ3n) is 4.19. The highest BCUT2D eigenvalue weighted by Crippen LogP contribution is 2.19. The van der Waals surface area contributed by atoms with Crippen LogP contribution < -0.4 is 16.0 Å². The molecule has 0 unspecified atom stereocenters. The summed E-state index contributed by atoms with van der Waals surface area (Å²) in [5.74, 6) is 1.37. The summed E-state index contributed by atoms with van der Waals surface area (Å²) in [6, 6.07) is 11.2. The van der Waals surface area contributed by atoms with Crippen LogP contribution in [0, 0.1) is 0 Å². The fourth-order valence-electron chi connectivity index (χ4n) is 2.37. The van der Waals surface area contributed by atoms with Crippen molar-refractivity contribution < 1.29 is 9.21 Å². The first-order valence-electron chi connectivity index (χ1n) is 9.40. The number of furan rings is 1. The van der Waals surface area contributed by atoms with Gasteiger partial charge in [-0.2, -0.15) is 11.8 Å². The summed E-state index contributed by atoms with van der Waals surface area (Å²) < 4.78 is 5.37. The fraction of sp³-hybridized carbons (Fsp3) is 0.429. The van der Waals surface area contributed by atoms with Crippen LogP contribution in [-0.2, 0) is 13.1 Å². The van der Waals surface area contributed by atoms with Crippen LogP contribution in [0.4, 0.5) is 0 Å². The van der Waals surface area contributed by atoms with E-state index in [1.165, 1.54) is 0 Å². The second-order valence-corrected chi connectivity index (χ2v) is 8.49. The molecule has 1 aromatic heterocycles. The summed E-state index contributed by atoms with van der Waals surface area (Å²) in [4.78, 5) is 17.0. The first-order chi connectivity index (χ1) is 13.4. The van der Waals surface area contributed by atoms with Gasteiger partial charge in [-0.3, -0.25) is 4.79 Å². The normalized spacial score (nSPS) is 11.9. The Kier molecular flexibility index (Phi) is 8.44. The Balaban J connectivity index is 1.97. The monoisotopic (exact) mass is 402 g/mol. The Morgan fingerprint density at radius 1 is 1.18 bits per heavy atom. The van der Waals surface area contributed by atoms with Crippen LogP contribution in [-0.4, -0.2) is 36.0 Å². The molecule has 1 heterocycles. The number of carbonyl (C=O) groups excluding carboxylic acids is 1. The van der Waals surface area contributed by atoms with Crippen molar-refractivity contribution in [3.63, 3.8) is 0 Å². The number of amides is 1. The number of hydrogen-bond acceptors (Lipinski definition) is 4. The van der Waals surface area contributed by atoms with E-state index < -0.39 is 0 Å². The number of aliphatic imine (C=N–C) groups is 1. The molecule has 0 spiro atoms. The molecule has 2 aromatic rings. The standard InChI is InChI=1S/C21H30N4O2S/c1-5-22-20(25-15-21(2,3)28-4)24-13-16-8-6-9-17(12-16)19(26)23-14-18-10-7-11-27-18/h6-12H,5,13-15H2,1-4H3,(H,23,26)(H2,22,24,25). The van der Waals surface area contributed by atoms with Crippen molar-refractivity contribution in [3.05, 3.63) is 59.5 Å². The van der Waals surface area contributed by atoms with Gasteiger partial charge in [0.25, 0.3) is 5.91 Å². The van der Waals surface area contributed by atoms with Gasteiger partial charge in [0.15, 0.2) is 5.96 Å². The van der Waals surface area contributed by atoms with Crippen molar-refractivity contribution in [2.45, 2.75) is 38.6 Å². The summed E-state index contributed by atoms with van der Waals surface area (Å²) in [5.41, 5.74) is 1.59. The molecule has 2 rings (SSSR count). The van der Waals surface area contributed by atoms with Crippen LogP contribution in [0.5, 0.6) is 0 Å². The molecule has 1 amide bonds. The van der Waals surface area contributed by atoms with Gasteiger partial charge in [-0.15, -0.1) is 0 Å². The molecule has 152 valence electrons. The average Bonchev–Trinajstić information content (AvgIpc) is 3.22. The van der Waals surface area contributed by atoms with Crippen molar-refractivity contribution in [1.82, 2.24) is 16.0 Å². The van der Waals surface area contributed by atoms with Gasteiger partial charge in [-0.1, -0.05) is 12.1 Å². The van der Waals surface area contributed by atoms with Crippen LogP contribution >= 0.6 is 11.8 Å². The third kappa shape index (κ3) is 7.31. The van der Waals surface area contributed by atoms with Gasteiger partial charge in [-0.25, -0.2) is 4.99 Å². The highest BCUT2D eigenvalue weighted by molar-refractivity contribution is 7.99. The molecule has 0 aliphatic carbocycles. The van der Waals surface area contributed by atoms with Crippen LogP contribution in [0.2, 0.25) is 0 Å². The maximum atomic E-state index is 12.4. The number of thioether (sulfide) groups is 1. The van der Waals surface area contributed by atoms with Gasteiger partial charge in [-0.05, 0) is 56.9 Å². The number of guanidine groups is 1. The lowest BCUT2D eigenvalue weighted by atomic mass is 10.1. The second kappa shape index (κ2) is 10.8. The lowest BCUT2D eigenvalue weighted by molar-refractivity contribution is 0.0948. The molecule has 0 aliphatic heterocycles. The van der Waals surface area contributed by atoms with Gasteiger partial charge in [0.1, 0.15) is 5.76 Å². The van der Waals surface area contributed by atoms with Gasteiger partial charge < -0.3 is 20.4 Å². The molecule has 0 radical (unpaired) electrons. The highest BCUT2D eigenvalue weighted by atomic mass is 32.2. The lowest BCUT2D eigenvalue weighted by Gasteiger charge is -2.23. The topological polar surface area (TPSA) is 78.7 Å². The van der Waals surface area contributed by atoms with E-state index in [9.17, 15) is 4.79 Å². The van der Waals surface area contributed by atoms with E-state index in [-0.39, 0.29) is 10.7 Å². The number of rotatable bonds is 9. The lowest BCUT2D eigenvalue weighted by Crippen LogP contribution is -2.43. The van der Waals surface area contributed by atoms with Crippen molar-refractivity contribution >= 4 is 23.6 Å². The van der Waals surface area contributed by atoms with Gasteiger partial charge >= 0.3 is 0 Å². The van der Waals surface area contributed by atoms with E-state index in [1.807, 2.05) is 43.0 Å². The molecule has 0 saturated heterocycles. The van der Waals surface area contributed by atoms with Gasteiger partial charge in [0, 0.05) is 23.4 Å². The molecule has 3 N–H and O–H groups in total. The van der Waals surface area contributed by atoms with E-state index in [0.717, 1.165) is 30.4 Å². The molecule has 0 aliphatic rings. The molecular weight excluding hydrogens is 372 g/mol. The number of benzene rings is 1. The minimum Gasteiger partial charge on any atom is -0.467 e. The summed E-state index contributed by atoms with van der Waals surface area (Å²) in [7, 11) is 0. The SMILES string of the molecule is CCNC(=NCc1cccc(C(=O)NCc2ccco2)c1)NCC(C)(C)SC. The van der Waals surface area contributed by atoms with Crippen LogP contribution in [0.3, 0.4) is 0 Å². The van der Waals surface area contributed by atoms with E-state index in [1.54, 1.807) is 18.4 Å². The number of nitrogens with one attached hydrogen (secondary N) is 3. The molecule has 28 heavy (non-hydrogen) atoms. The zero-order chi connectivity index (χ0) is 20.4. The molecule has 1 aromatic carbocycles. The minimum atomic E-state index is -0.131. The summed E-state index contributed by atoms with van der Waals surface area (Å²) in [5, 5.41) is 9.51. The number of nitrogens with zero attached hydrogens (tertiary/aromatic N) is 1. The molecule has 0 atom stereocenters. The smallest absolute Gasteiger partial charge is 0.251 e. The highest BCUT2D eigenvalue weighted by Gasteiger charge is 2.16. The van der Waals surface area contributed by atoms with Crippen molar-refractivity contribution in [3.8, 4) is 0 Å². The average molecular weight is 403 g/mol. The predicted octanol–water partition coefficient (Wildman–Crippen LogP) is 3.41. The Bertz CT molecular complexity index is 772. The molecule has 7 heteroatoms. The van der Waals surface area contributed by atoms with Crippen LogP contribution in [0.25, 0.3) is 0 Å². The van der Waals surface area contributed by atoms with Crippen LogP contribution in [0.1, 0.15) is 42.5 Å². The maximum absolute atomic E-state index is 12.4. The second-order valence-electron chi connectivity index (χ2n) is 6.97. The zero-order valence-corrected chi connectivity index (χ0v) is 17.9. The Labute approximate surface area is 171 Å². The molecule has 0 saturated carbocycles. The van der Waals surface area contributed by atoms with Crippen molar-refractivity contribution in [2.24, 2.45) is 4.99 Å². The van der Waals surface area contributed by atoms with E-state index in [4.69, 9.17) is 4.42 Å². The molecular formula is C21H30N4O2S. The maximum Gasteiger partial charge on any atom is 0.251 e. The first-order valence-corrected chi connectivity index (χ1v) is 10.6. The van der Waals surface area contributed by atoms with Crippen molar-refractivity contribution in [2.75, 3.05) is 19.3 Å². The van der Waals surface area contributed by atoms with E-state index in [2.05, 4.69) is 41.0 Å². The predicted molar refractivity (Wildman–Crippen MR) is 117 cm³/mol. The zero-order valence-electron chi connectivity index (χ0n) is 17.0. The van der Waals surface area contributed by atoms with E-state index >= 15 is 0 Å². The largest absolute Gasteiger partial charge is 0.467 e. The molecule has 0 fully saturated rings. The Morgan fingerprint density at radius 3 is 2.68 bits per heavy atom. The van der Waals surface area contributed by atoms with Gasteiger partial charge in [0.05, 0.1) is 19.4 Å². The number of hydrogen-bond donors (Lipinski definition) is 3. The van der Waals surface area contributed by atoms with E-state index in [0.29, 0.717) is 18.7 Å². The van der Waals surface area contributed by atoms with Crippen molar-refractivity contribution in [1.29, 1.82) is 0 Å². The van der Waals surface area contributed by atoms with Crippen LogP contribution in [0.15, 0.2) is 52.1 Å². The molecule has 6 nitrogen and oxygen atoms in total. The Morgan fingerprint density at radius 2 is 2.00 bits per heavy atom. The number of carbonyl (C=O) groups is 1. The summed E-state index contributed by atoms with van der Waals surface area (Å²) in [6.07, 6.45) is 3.70. The molecule has 0 bridgehead atoms. The third-order valence-corrected chi connectivity index (χ3v) is 5.44.